The number of nitrogens with one attached hydrogen (secondary N) is 1. The molecule has 3 aromatic rings. The first-order chi connectivity index (χ1) is 16.8. The van der Waals surface area contributed by atoms with Crippen LogP contribution in [0.3, 0.4) is 0 Å². The molecule has 0 heterocycles. The summed E-state index contributed by atoms with van der Waals surface area (Å²) in [5, 5.41) is 2.94. The van der Waals surface area contributed by atoms with Crippen LogP contribution in [0.4, 0.5) is 5.69 Å². The summed E-state index contributed by atoms with van der Waals surface area (Å²) in [5.74, 6) is 2.74. The first-order valence-electron chi connectivity index (χ1n) is 12.2. The Morgan fingerprint density at radius 1 is 0.706 bits per heavy atom. The highest BCUT2D eigenvalue weighted by Crippen LogP contribution is 2.27. The molecular formula is C29H33NO4. The second-order valence-electron chi connectivity index (χ2n) is 8.63. The molecule has 1 N–H and O–H groups in total. The smallest absolute Gasteiger partial charge is 0.259 e. The molecule has 0 unspecified atom stereocenters. The van der Waals surface area contributed by atoms with Crippen molar-refractivity contribution in [3.63, 3.8) is 0 Å². The third-order valence-electron chi connectivity index (χ3n) is 6.12. The summed E-state index contributed by atoms with van der Waals surface area (Å²) in [6.45, 7) is 1.48. The van der Waals surface area contributed by atoms with Crippen LogP contribution in [0.1, 0.15) is 48.9 Å². The molecule has 1 fully saturated rings. The summed E-state index contributed by atoms with van der Waals surface area (Å²) in [5.41, 5.74) is 1.20. The van der Waals surface area contributed by atoms with Gasteiger partial charge in [-0.15, -0.1) is 0 Å². The van der Waals surface area contributed by atoms with E-state index in [2.05, 4.69) is 5.32 Å². The van der Waals surface area contributed by atoms with Gasteiger partial charge in [-0.05, 0) is 60.9 Å². The van der Waals surface area contributed by atoms with E-state index in [-0.39, 0.29) is 5.91 Å². The Labute approximate surface area is 202 Å². The fourth-order valence-electron chi connectivity index (χ4n) is 4.26. The molecule has 0 saturated heterocycles. The molecule has 1 saturated carbocycles. The van der Waals surface area contributed by atoms with Crippen molar-refractivity contribution in [1.29, 1.82) is 0 Å². The molecule has 5 heteroatoms. The predicted octanol–water partition coefficient (Wildman–Crippen LogP) is 6.75. The molecule has 1 amide bonds. The molecule has 1 aliphatic carbocycles. The highest BCUT2D eigenvalue weighted by atomic mass is 16.5. The minimum Gasteiger partial charge on any atom is -0.494 e. The zero-order valence-electron chi connectivity index (χ0n) is 19.6. The maximum absolute atomic E-state index is 12.9. The summed E-state index contributed by atoms with van der Waals surface area (Å²) in [6.07, 6.45) is 7.87. The Bertz CT molecular complexity index is 1010. The number of hydrogen-bond acceptors (Lipinski definition) is 4. The van der Waals surface area contributed by atoms with Crippen molar-refractivity contribution in [3.05, 3.63) is 84.4 Å². The number of amides is 1. The summed E-state index contributed by atoms with van der Waals surface area (Å²) in [7, 11) is 0. The van der Waals surface area contributed by atoms with E-state index in [0.717, 1.165) is 30.4 Å². The first kappa shape index (κ1) is 23.7. The third kappa shape index (κ3) is 7.27. The van der Waals surface area contributed by atoms with Gasteiger partial charge in [0.1, 0.15) is 30.5 Å². The van der Waals surface area contributed by atoms with Crippen LogP contribution < -0.4 is 19.5 Å². The van der Waals surface area contributed by atoms with Crippen LogP contribution in [-0.4, -0.2) is 25.7 Å². The minimum atomic E-state index is -0.217. The highest BCUT2D eigenvalue weighted by molar-refractivity contribution is 6.06. The third-order valence-corrected chi connectivity index (χ3v) is 6.12. The topological polar surface area (TPSA) is 56.8 Å². The van der Waals surface area contributed by atoms with Crippen LogP contribution >= 0.6 is 0 Å². The molecule has 0 aliphatic heterocycles. The molecule has 0 spiro atoms. The first-order valence-corrected chi connectivity index (χ1v) is 12.2. The van der Waals surface area contributed by atoms with Gasteiger partial charge in [-0.3, -0.25) is 4.79 Å². The van der Waals surface area contributed by atoms with Gasteiger partial charge in [-0.1, -0.05) is 62.4 Å². The van der Waals surface area contributed by atoms with E-state index in [0.29, 0.717) is 30.2 Å². The summed E-state index contributed by atoms with van der Waals surface area (Å²) in [6, 6.07) is 24.3. The van der Waals surface area contributed by atoms with E-state index in [1.807, 2.05) is 66.7 Å². The second kappa shape index (κ2) is 12.7. The molecule has 5 nitrogen and oxygen atoms in total. The van der Waals surface area contributed by atoms with Gasteiger partial charge in [-0.25, -0.2) is 0 Å². The Morgan fingerprint density at radius 2 is 1.35 bits per heavy atom. The molecule has 1 aliphatic rings. The number of carbonyl (C=O) groups is 1. The average Bonchev–Trinajstić information content (AvgIpc) is 2.89. The number of para-hydroxylation sites is 2. The van der Waals surface area contributed by atoms with E-state index in [4.69, 9.17) is 14.2 Å². The van der Waals surface area contributed by atoms with Crippen LogP contribution in [0.15, 0.2) is 78.9 Å². The number of hydrogen-bond donors (Lipinski definition) is 1. The second-order valence-corrected chi connectivity index (χ2v) is 8.63. The zero-order valence-corrected chi connectivity index (χ0v) is 19.6. The van der Waals surface area contributed by atoms with Crippen molar-refractivity contribution < 1.29 is 19.0 Å². The van der Waals surface area contributed by atoms with Gasteiger partial charge in [0, 0.05) is 5.69 Å². The number of rotatable bonds is 11. The Balaban J connectivity index is 1.24. The van der Waals surface area contributed by atoms with Gasteiger partial charge in [-0.2, -0.15) is 0 Å². The van der Waals surface area contributed by atoms with Gasteiger partial charge in [0.05, 0.1) is 12.2 Å². The number of anilines is 1. The van der Waals surface area contributed by atoms with Crippen molar-refractivity contribution in [3.8, 4) is 17.2 Å². The lowest BCUT2D eigenvalue weighted by molar-refractivity contribution is 0.102. The molecule has 178 valence electrons. The molecule has 3 aromatic carbocycles. The van der Waals surface area contributed by atoms with E-state index in [9.17, 15) is 4.79 Å². The van der Waals surface area contributed by atoms with Gasteiger partial charge in [0.25, 0.3) is 5.91 Å². The molecular weight excluding hydrogens is 426 g/mol. The van der Waals surface area contributed by atoms with Crippen molar-refractivity contribution in [2.24, 2.45) is 5.92 Å². The maximum atomic E-state index is 12.9. The van der Waals surface area contributed by atoms with Crippen molar-refractivity contribution in [2.75, 3.05) is 25.1 Å². The number of ether oxygens (including phenoxy) is 3. The monoisotopic (exact) mass is 459 g/mol. The lowest BCUT2D eigenvalue weighted by Gasteiger charge is -2.21. The molecule has 34 heavy (non-hydrogen) atoms. The van der Waals surface area contributed by atoms with Crippen molar-refractivity contribution in [1.82, 2.24) is 0 Å². The Morgan fingerprint density at radius 3 is 2.15 bits per heavy atom. The quantitative estimate of drug-likeness (QED) is 0.322. The average molecular weight is 460 g/mol. The van der Waals surface area contributed by atoms with E-state index in [1.165, 1.54) is 32.1 Å². The predicted molar refractivity (Wildman–Crippen MR) is 135 cm³/mol. The van der Waals surface area contributed by atoms with E-state index >= 15 is 0 Å². The lowest BCUT2D eigenvalue weighted by Crippen LogP contribution is -2.15. The lowest BCUT2D eigenvalue weighted by atomic mass is 9.87. The van der Waals surface area contributed by atoms with Crippen LogP contribution in [0.2, 0.25) is 0 Å². The fourth-order valence-corrected chi connectivity index (χ4v) is 4.26. The van der Waals surface area contributed by atoms with Gasteiger partial charge in [0.15, 0.2) is 0 Å². The van der Waals surface area contributed by atoms with Crippen molar-refractivity contribution in [2.45, 2.75) is 38.5 Å². The molecule has 0 aromatic heterocycles. The van der Waals surface area contributed by atoms with Crippen LogP contribution in [0.5, 0.6) is 17.2 Å². The molecule has 0 atom stereocenters. The van der Waals surface area contributed by atoms with Crippen LogP contribution in [0.25, 0.3) is 0 Å². The van der Waals surface area contributed by atoms with Crippen LogP contribution in [-0.2, 0) is 0 Å². The summed E-state index contributed by atoms with van der Waals surface area (Å²) < 4.78 is 17.4. The van der Waals surface area contributed by atoms with Crippen molar-refractivity contribution >= 4 is 11.6 Å². The Kier molecular flexibility index (Phi) is 8.83. The molecule has 4 rings (SSSR count). The number of benzene rings is 3. The van der Waals surface area contributed by atoms with Crippen LogP contribution in [0, 0.1) is 5.92 Å². The zero-order chi connectivity index (χ0) is 23.4. The molecule has 0 bridgehead atoms. The molecule has 0 radical (unpaired) electrons. The summed E-state index contributed by atoms with van der Waals surface area (Å²) >= 11 is 0. The Hall–Kier alpha value is -3.47. The minimum absolute atomic E-state index is 0.217. The van der Waals surface area contributed by atoms with Gasteiger partial charge in [0.2, 0.25) is 0 Å². The SMILES string of the molecule is O=C(Nc1ccc(OCCC2CCCCC2)cc1)c1ccccc1OCCOc1ccccc1. The van der Waals surface area contributed by atoms with Gasteiger partial charge < -0.3 is 19.5 Å². The maximum Gasteiger partial charge on any atom is 0.259 e. The van der Waals surface area contributed by atoms with Gasteiger partial charge >= 0.3 is 0 Å². The number of carbonyl (C=O) groups excluding carboxylic acids is 1. The highest BCUT2D eigenvalue weighted by Gasteiger charge is 2.14. The summed E-state index contributed by atoms with van der Waals surface area (Å²) in [4.78, 5) is 12.9. The standard InChI is InChI=1S/C29H33NO4/c31-29(27-13-7-8-14-28(27)34-22-21-33-25-11-5-2-6-12-25)30-24-15-17-26(18-16-24)32-20-19-23-9-3-1-4-10-23/h2,5-8,11-18,23H,1,3-4,9-10,19-22H2,(H,30,31). The van der Waals surface area contributed by atoms with E-state index < -0.39 is 0 Å². The van der Waals surface area contributed by atoms with E-state index in [1.54, 1.807) is 12.1 Å². The fraction of sp³-hybridized carbons (Fsp3) is 0.345. The largest absolute Gasteiger partial charge is 0.494 e. The normalized spacial score (nSPS) is 13.8.